The van der Waals surface area contributed by atoms with E-state index in [2.05, 4.69) is 55.6 Å². The van der Waals surface area contributed by atoms with E-state index >= 15 is 0 Å². The van der Waals surface area contributed by atoms with Crippen LogP contribution in [0.15, 0.2) is 67.3 Å². The molecule has 0 aromatic heterocycles. The second-order valence-electron chi connectivity index (χ2n) is 6.76. The number of hydrogen-bond donors (Lipinski definition) is 0. The van der Waals surface area contributed by atoms with E-state index in [1.54, 1.807) is 21.3 Å². The maximum Gasteiger partial charge on any atom is 0.129 e. The van der Waals surface area contributed by atoms with Crippen molar-refractivity contribution in [3.63, 3.8) is 0 Å². The van der Waals surface area contributed by atoms with Gasteiger partial charge >= 0.3 is 0 Å². The van der Waals surface area contributed by atoms with E-state index in [1.807, 2.05) is 18.2 Å². The van der Waals surface area contributed by atoms with Crippen LogP contribution in [0.1, 0.15) is 0 Å². The molecule has 3 aromatic carbocycles. The lowest BCUT2D eigenvalue weighted by Gasteiger charge is -2.32. The van der Waals surface area contributed by atoms with Crippen molar-refractivity contribution in [3.8, 4) is 17.2 Å². The Labute approximate surface area is 162 Å². The minimum atomic E-state index is -2.26. The zero-order valence-corrected chi connectivity index (χ0v) is 17.4. The molecule has 3 nitrogen and oxygen atoms in total. The second-order valence-corrected chi connectivity index (χ2v) is 10.9. The van der Waals surface area contributed by atoms with E-state index in [0.717, 1.165) is 28.5 Å². The first-order valence-corrected chi connectivity index (χ1v) is 11.7. The summed E-state index contributed by atoms with van der Waals surface area (Å²) in [5.74, 6) is 2.32. The quantitative estimate of drug-likeness (QED) is 0.454. The molecule has 0 aliphatic rings. The Balaban J connectivity index is 2.37. The number of benzene rings is 3. The van der Waals surface area contributed by atoms with Crippen molar-refractivity contribution in [2.45, 2.75) is 12.6 Å². The van der Waals surface area contributed by atoms with E-state index in [4.69, 9.17) is 14.2 Å². The van der Waals surface area contributed by atoms with Gasteiger partial charge in [0.2, 0.25) is 0 Å². The number of hydrogen-bond acceptors (Lipinski definition) is 3. The number of ether oxygens (including phenoxy) is 3. The number of methoxy groups -OCH3 is 3. The van der Waals surface area contributed by atoms with Gasteiger partial charge in [0.25, 0.3) is 0 Å². The molecule has 27 heavy (non-hydrogen) atoms. The maximum atomic E-state index is 5.80. The summed E-state index contributed by atoms with van der Waals surface area (Å²) in [6.45, 7) is 6.40. The summed E-state index contributed by atoms with van der Waals surface area (Å²) in [6.07, 6.45) is 2.01. The van der Waals surface area contributed by atoms with Crippen molar-refractivity contribution in [3.05, 3.63) is 67.3 Å². The second kappa shape index (κ2) is 7.88. The smallest absolute Gasteiger partial charge is 0.129 e. The summed E-state index contributed by atoms with van der Waals surface area (Å²) in [5, 5.41) is 4.99. The molecule has 3 aromatic rings. The molecule has 0 aliphatic carbocycles. The van der Waals surface area contributed by atoms with Gasteiger partial charge in [-0.3, -0.25) is 0 Å². The van der Waals surface area contributed by atoms with Crippen LogP contribution in [0.5, 0.6) is 17.2 Å². The topological polar surface area (TPSA) is 27.7 Å². The SMILES string of the molecule is C=CC[Si@@](C)(c1c(OC)cc(OC)cc1OC)c1cccc2ccccc12. The minimum Gasteiger partial charge on any atom is -0.497 e. The molecule has 0 N–H and O–H groups in total. The average molecular weight is 379 g/mol. The molecule has 0 saturated carbocycles. The maximum absolute atomic E-state index is 5.80. The third kappa shape index (κ3) is 3.33. The average Bonchev–Trinajstić information content (AvgIpc) is 2.72. The monoisotopic (exact) mass is 378 g/mol. The number of rotatable bonds is 7. The molecule has 0 heterocycles. The highest BCUT2D eigenvalue weighted by Crippen LogP contribution is 2.31. The third-order valence-corrected chi connectivity index (χ3v) is 9.53. The predicted octanol–water partition coefficient (Wildman–Crippen LogP) is 4.24. The van der Waals surface area contributed by atoms with Crippen LogP contribution in [0.2, 0.25) is 12.6 Å². The number of fused-ring (bicyclic) bond motifs is 1. The minimum absolute atomic E-state index is 0.723. The molecule has 3 rings (SSSR count). The van der Waals surface area contributed by atoms with Crippen LogP contribution in [-0.4, -0.2) is 29.4 Å². The fourth-order valence-corrected chi connectivity index (χ4v) is 7.88. The van der Waals surface area contributed by atoms with Gasteiger partial charge in [0.1, 0.15) is 25.3 Å². The van der Waals surface area contributed by atoms with Crippen LogP contribution in [0.4, 0.5) is 0 Å². The van der Waals surface area contributed by atoms with Gasteiger partial charge in [-0.15, -0.1) is 6.58 Å². The van der Waals surface area contributed by atoms with E-state index in [9.17, 15) is 0 Å². The van der Waals surface area contributed by atoms with Gasteiger partial charge in [0.15, 0.2) is 0 Å². The van der Waals surface area contributed by atoms with Gasteiger partial charge in [0.05, 0.1) is 21.3 Å². The van der Waals surface area contributed by atoms with Crippen molar-refractivity contribution in [2.75, 3.05) is 21.3 Å². The Bertz CT molecular complexity index is 936. The first-order valence-electron chi connectivity index (χ1n) is 8.98. The molecule has 4 heteroatoms. The number of allylic oxidation sites excluding steroid dienone is 1. The van der Waals surface area contributed by atoms with Gasteiger partial charge in [-0.1, -0.05) is 55.1 Å². The van der Waals surface area contributed by atoms with Crippen molar-refractivity contribution in [1.29, 1.82) is 0 Å². The Morgan fingerprint density at radius 2 is 1.52 bits per heavy atom. The van der Waals surface area contributed by atoms with E-state index in [0.29, 0.717) is 0 Å². The molecule has 1 atom stereocenters. The van der Waals surface area contributed by atoms with Gasteiger partial charge in [-0.25, -0.2) is 0 Å². The molecule has 140 valence electrons. The van der Waals surface area contributed by atoms with Gasteiger partial charge in [0, 0.05) is 17.3 Å². The fourth-order valence-electron chi connectivity index (χ4n) is 3.89. The summed E-state index contributed by atoms with van der Waals surface area (Å²) in [5.41, 5.74) is 0. The van der Waals surface area contributed by atoms with E-state index < -0.39 is 8.07 Å². The van der Waals surface area contributed by atoms with Crippen LogP contribution in [0.25, 0.3) is 10.8 Å². The molecule has 0 fully saturated rings. The highest BCUT2D eigenvalue weighted by atomic mass is 28.3. The van der Waals surface area contributed by atoms with Gasteiger partial charge < -0.3 is 14.2 Å². The summed E-state index contributed by atoms with van der Waals surface area (Å²) < 4.78 is 17.0. The van der Waals surface area contributed by atoms with E-state index in [1.165, 1.54) is 16.0 Å². The Morgan fingerprint density at radius 1 is 0.889 bits per heavy atom. The molecular weight excluding hydrogens is 352 g/mol. The lowest BCUT2D eigenvalue weighted by Crippen LogP contribution is -2.56. The van der Waals surface area contributed by atoms with Crippen LogP contribution >= 0.6 is 0 Å². The molecule has 0 amide bonds. The molecule has 0 unspecified atom stereocenters. The van der Waals surface area contributed by atoms with Gasteiger partial charge in [-0.2, -0.15) is 0 Å². The first kappa shape index (κ1) is 19.0. The summed E-state index contributed by atoms with van der Waals surface area (Å²) in [6, 6.07) is 19.8. The standard InChI is InChI=1S/C23H26O3Si/c1-6-14-27(5,22-13-9-11-17-10-7-8-12-19(17)22)23-20(25-3)15-18(24-2)16-21(23)26-4/h6-13,15-16H,1,14H2,2-5H3/t27-/m1/s1. The van der Waals surface area contributed by atoms with E-state index in [-0.39, 0.29) is 0 Å². The van der Waals surface area contributed by atoms with Crippen LogP contribution in [0.3, 0.4) is 0 Å². The molecule has 0 spiro atoms. The normalized spacial score (nSPS) is 13.0. The first-order chi connectivity index (χ1) is 13.1. The Kier molecular flexibility index (Phi) is 5.56. The lowest BCUT2D eigenvalue weighted by molar-refractivity contribution is 0.379. The Morgan fingerprint density at radius 3 is 2.11 bits per heavy atom. The van der Waals surface area contributed by atoms with Crippen molar-refractivity contribution < 1.29 is 14.2 Å². The zero-order valence-electron chi connectivity index (χ0n) is 16.4. The lowest BCUT2D eigenvalue weighted by atomic mass is 10.1. The van der Waals surface area contributed by atoms with Crippen molar-refractivity contribution in [2.24, 2.45) is 0 Å². The van der Waals surface area contributed by atoms with Crippen LogP contribution in [-0.2, 0) is 0 Å². The van der Waals surface area contributed by atoms with Crippen LogP contribution in [0, 0.1) is 0 Å². The van der Waals surface area contributed by atoms with Crippen molar-refractivity contribution >= 4 is 29.2 Å². The zero-order chi connectivity index (χ0) is 19.4. The molecule has 0 aliphatic heterocycles. The molecule has 0 saturated heterocycles. The summed E-state index contributed by atoms with van der Waals surface area (Å²) in [4.78, 5) is 0. The third-order valence-electron chi connectivity index (χ3n) is 5.20. The highest BCUT2D eigenvalue weighted by molar-refractivity contribution is 7.03. The molecular formula is C23H26O3Si. The van der Waals surface area contributed by atoms with Crippen molar-refractivity contribution in [1.82, 2.24) is 0 Å². The fraction of sp³-hybridized carbons (Fsp3) is 0.217. The Hall–Kier alpha value is -2.72. The predicted molar refractivity (Wildman–Crippen MR) is 116 cm³/mol. The molecule has 0 radical (unpaired) electrons. The summed E-state index contributed by atoms with van der Waals surface area (Å²) in [7, 11) is 2.79. The largest absolute Gasteiger partial charge is 0.497 e. The molecule has 0 bridgehead atoms. The van der Waals surface area contributed by atoms with Crippen LogP contribution < -0.4 is 24.6 Å². The summed E-state index contributed by atoms with van der Waals surface area (Å²) >= 11 is 0. The van der Waals surface area contributed by atoms with Gasteiger partial charge in [-0.05, 0) is 22.0 Å². The highest BCUT2D eigenvalue weighted by Gasteiger charge is 2.38.